The molecule has 1 rings (SSSR count). The van der Waals surface area contributed by atoms with Crippen LogP contribution >= 0.6 is 0 Å². The summed E-state index contributed by atoms with van der Waals surface area (Å²) in [4.78, 5) is 2.61. The molecular weight excluding hydrogens is 218 g/mol. The molecule has 18 heavy (non-hydrogen) atoms. The lowest BCUT2D eigenvalue weighted by Gasteiger charge is -2.70. The minimum atomic E-state index is 0.209. The lowest BCUT2D eigenvalue weighted by Crippen LogP contribution is -2.74. The summed E-state index contributed by atoms with van der Waals surface area (Å²) < 4.78 is 0. The smallest absolute Gasteiger partial charge is 0.0209 e. The Morgan fingerprint density at radius 2 is 1.00 bits per heavy atom. The fourth-order valence-corrected chi connectivity index (χ4v) is 4.89. The van der Waals surface area contributed by atoms with Crippen LogP contribution in [0.25, 0.3) is 0 Å². The second-order valence-corrected chi connectivity index (χ2v) is 8.84. The van der Waals surface area contributed by atoms with Crippen molar-refractivity contribution < 1.29 is 0 Å². The molecule has 1 heteroatoms. The molecule has 1 fully saturated rings. The van der Waals surface area contributed by atoms with Gasteiger partial charge in [0.25, 0.3) is 0 Å². The summed E-state index contributed by atoms with van der Waals surface area (Å²) >= 11 is 0. The van der Waals surface area contributed by atoms with E-state index >= 15 is 0 Å². The monoisotopic (exact) mass is 253 g/mol. The van der Waals surface area contributed by atoms with Gasteiger partial charge in [0.2, 0.25) is 0 Å². The Morgan fingerprint density at radius 3 is 1.22 bits per heavy atom. The maximum Gasteiger partial charge on any atom is 0.0209 e. The standard InChI is InChI=1S/C17H35N/c1-12(2)13-14(3,4)16(7,8)18(11)17(9,10)15(13,5)6/h12-13H,1-11H3. The van der Waals surface area contributed by atoms with Crippen molar-refractivity contribution in [3.05, 3.63) is 0 Å². The number of piperidine rings is 1. The highest BCUT2D eigenvalue weighted by molar-refractivity contribution is 5.15. The van der Waals surface area contributed by atoms with E-state index in [2.05, 4.69) is 81.2 Å². The normalized spacial score (nSPS) is 30.7. The summed E-state index contributed by atoms with van der Waals surface area (Å²) in [5.74, 6) is 1.42. The SMILES string of the molecule is CC(C)C1C(C)(C)C(C)(C)N(C)C(C)(C)C1(C)C. The lowest BCUT2D eigenvalue weighted by atomic mass is 9.46. The van der Waals surface area contributed by atoms with E-state index in [1.165, 1.54) is 0 Å². The van der Waals surface area contributed by atoms with Gasteiger partial charge in [0, 0.05) is 11.1 Å². The predicted octanol–water partition coefficient (Wildman–Crippen LogP) is 4.81. The van der Waals surface area contributed by atoms with Crippen molar-refractivity contribution in [3.8, 4) is 0 Å². The molecule has 0 aromatic heterocycles. The van der Waals surface area contributed by atoms with Crippen LogP contribution in [0.4, 0.5) is 0 Å². The molecular formula is C17H35N. The van der Waals surface area contributed by atoms with E-state index in [1.54, 1.807) is 0 Å². The molecule has 1 nitrogen and oxygen atoms in total. The molecule has 0 aliphatic carbocycles. The van der Waals surface area contributed by atoms with E-state index in [9.17, 15) is 0 Å². The van der Waals surface area contributed by atoms with Gasteiger partial charge in [0.05, 0.1) is 0 Å². The molecule has 0 N–H and O–H groups in total. The molecule has 1 heterocycles. The second-order valence-electron chi connectivity index (χ2n) is 8.84. The quantitative estimate of drug-likeness (QED) is 0.648. The molecule has 108 valence electrons. The Hall–Kier alpha value is -0.0400. The van der Waals surface area contributed by atoms with Gasteiger partial charge in [0.1, 0.15) is 0 Å². The first-order chi connectivity index (χ1) is 7.72. The molecule has 0 amide bonds. The molecule has 0 spiro atoms. The predicted molar refractivity (Wildman–Crippen MR) is 81.8 cm³/mol. The zero-order valence-electron chi connectivity index (χ0n) is 14.6. The van der Waals surface area contributed by atoms with Crippen molar-refractivity contribution in [2.24, 2.45) is 22.7 Å². The third kappa shape index (κ3) is 1.69. The molecule has 0 aromatic carbocycles. The molecule has 1 aliphatic rings. The van der Waals surface area contributed by atoms with Gasteiger partial charge in [-0.2, -0.15) is 0 Å². The summed E-state index contributed by atoms with van der Waals surface area (Å²) in [5, 5.41) is 0. The fourth-order valence-electron chi connectivity index (χ4n) is 4.89. The van der Waals surface area contributed by atoms with E-state index in [1.807, 2.05) is 0 Å². The topological polar surface area (TPSA) is 3.24 Å². The van der Waals surface area contributed by atoms with Crippen molar-refractivity contribution >= 4 is 0 Å². The molecule has 0 radical (unpaired) electrons. The number of hydrogen-bond acceptors (Lipinski definition) is 1. The van der Waals surface area contributed by atoms with Crippen molar-refractivity contribution in [3.63, 3.8) is 0 Å². The van der Waals surface area contributed by atoms with Crippen LogP contribution in [0.2, 0.25) is 0 Å². The first-order valence-electron chi connectivity index (χ1n) is 7.46. The number of rotatable bonds is 1. The van der Waals surface area contributed by atoms with Gasteiger partial charge in [-0.3, -0.25) is 4.90 Å². The molecule has 0 bridgehead atoms. The summed E-state index contributed by atoms with van der Waals surface area (Å²) in [7, 11) is 2.31. The van der Waals surface area contributed by atoms with E-state index < -0.39 is 0 Å². The van der Waals surface area contributed by atoms with E-state index in [-0.39, 0.29) is 11.1 Å². The zero-order chi connectivity index (χ0) is 14.7. The Labute approximate surface area is 115 Å². The van der Waals surface area contributed by atoms with Gasteiger partial charge in [-0.1, -0.05) is 41.5 Å². The largest absolute Gasteiger partial charge is 0.295 e. The third-order valence-electron chi connectivity index (χ3n) is 7.05. The molecule has 0 atom stereocenters. The van der Waals surface area contributed by atoms with E-state index in [0.29, 0.717) is 22.7 Å². The van der Waals surface area contributed by atoms with Crippen LogP contribution in [-0.4, -0.2) is 23.0 Å². The van der Waals surface area contributed by atoms with E-state index in [4.69, 9.17) is 0 Å². The highest BCUT2D eigenvalue weighted by Crippen LogP contribution is 2.62. The second kappa shape index (κ2) is 3.98. The summed E-state index contributed by atoms with van der Waals surface area (Å²) in [6, 6.07) is 0. The van der Waals surface area contributed by atoms with Gasteiger partial charge >= 0.3 is 0 Å². The van der Waals surface area contributed by atoms with Gasteiger partial charge in [-0.15, -0.1) is 0 Å². The highest BCUT2D eigenvalue weighted by atomic mass is 15.3. The van der Waals surface area contributed by atoms with Crippen LogP contribution in [0, 0.1) is 22.7 Å². The van der Waals surface area contributed by atoms with Crippen LogP contribution in [0.1, 0.15) is 69.2 Å². The fraction of sp³-hybridized carbons (Fsp3) is 1.00. The minimum absolute atomic E-state index is 0.209. The Kier molecular flexibility index (Phi) is 3.54. The highest BCUT2D eigenvalue weighted by Gasteiger charge is 2.63. The first kappa shape index (κ1) is 16.0. The molecule has 1 saturated heterocycles. The molecule has 1 aliphatic heterocycles. The van der Waals surface area contributed by atoms with Crippen LogP contribution < -0.4 is 0 Å². The van der Waals surface area contributed by atoms with Crippen molar-refractivity contribution in [2.45, 2.75) is 80.3 Å². The lowest BCUT2D eigenvalue weighted by molar-refractivity contribution is -0.210. The van der Waals surface area contributed by atoms with Crippen LogP contribution in [0.3, 0.4) is 0 Å². The average molecular weight is 253 g/mol. The van der Waals surface area contributed by atoms with Gasteiger partial charge < -0.3 is 0 Å². The number of hydrogen-bond donors (Lipinski definition) is 0. The summed E-state index contributed by atoms with van der Waals surface area (Å²) in [6.45, 7) is 24.3. The summed E-state index contributed by atoms with van der Waals surface area (Å²) in [5.41, 5.74) is 1.02. The Balaban J connectivity index is 3.50. The van der Waals surface area contributed by atoms with Crippen LogP contribution in [-0.2, 0) is 0 Å². The zero-order valence-corrected chi connectivity index (χ0v) is 14.6. The van der Waals surface area contributed by atoms with Crippen molar-refractivity contribution in [1.29, 1.82) is 0 Å². The molecule has 0 aromatic rings. The van der Waals surface area contributed by atoms with Gasteiger partial charge in [-0.25, -0.2) is 0 Å². The number of nitrogens with zero attached hydrogens (tertiary/aromatic N) is 1. The van der Waals surface area contributed by atoms with E-state index in [0.717, 1.165) is 0 Å². The number of likely N-dealkylation sites (tertiary alicyclic amines) is 1. The van der Waals surface area contributed by atoms with Crippen molar-refractivity contribution in [1.82, 2.24) is 4.90 Å². The Bertz CT molecular complexity index is 293. The maximum atomic E-state index is 2.61. The van der Waals surface area contributed by atoms with Gasteiger partial charge in [0.15, 0.2) is 0 Å². The molecule has 0 unspecified atom stereocenters. The first-order valence-corrected chi connectivity index (χ1v) is 7.46. The summed E-state index contributed by atoms with van der Waals surface area (Å²) in [6.07, 6.45) is 0. The Morgan fingerprint density at radius 1 is 0.722 bits per heavy atom. The minimum Gasteiger partial charge on any atom is -0.295 e. The molecule has 0 saturated carbocycles. The van der Waals surface area contributed by atoms with Crippen LogP contribution in [0.15, 0.2) is 0 Å². The van der Waals surface area contributed by atoms with Crippen molar-refractivity contribution in [2.75, 3.05) is 7.05 Å². The maximum absolute atomic E-state index is 2.61. The van der Waals surface area contributed by atoms with Gasteiger partial charge in [-0.05, 0) is 57.4 Å². The van der Waals surface area contributed by atoms with Crippen LogP contribution in [0.5, 0.6) is 0 Å². The third-order valence-corrected chi connectivity index (χ3v) is 7.05. The average Bonchev–Trinajstić information content (AvgIpc) is 2.12.